The lowest BCUT2D eigenvalue weighted by Crippen LogP contribution is -2.20. The Kier molecular flexibility index (Phi) is 7.28. The molecule has 1 fully saturated rings. The van der Waals surface area contributed by atoms with Crippen LogP contribution < -0.4 is 5.32 Å². The number of nitrogens with one attached hydrogen (secondary N) is 1. The highest BCUT2D eigenvalue weighted by molar-refractivity contribution is 8.16. The molecule has 1 amide bonds. The van der Waals surface area contributed by atoms with Crippen LogP contribution in [-0.4, -0.2) is 28.1 Å². The number of anilines is 1. The van der Waals surface area contributed by atoms with Crippen molar-refractivity contribution in [2.45, 2.75) is 58.0 Å². The van der Waals surface area contributed by atoms with Gasteiger partial charge in [-0.25, -0.2) is 4.99 Å². The number of hydrogen-bond acceptors (Lipinski definition) is 4. The number of amides is 1. The number of thioether (sulfide) groups is 1. The van der Waals surface area contributed by atoms with Crippen LogP contribution in [0, 0.1) is 13.8 Å². The molecule has 2 aliphatic rings. The molecular formula is C25H27Cl2N3OS. The summed E-state index contributed by atoms with van der Waals surface area (Å²) < 4.78 is 0. The third kappa shape index (κ3) is 5.38. The molecule has 0 atom stereocenters. The molecule has 1 saturated carbocycles. The maximum atomic E-state index is 12.7. The largest absolute Gasteiger partial charge is 0.325 e. The minimum Gasteiger partial charge on any atom is -0.325 e. The van der Waals surface area contributed by atoms with Gasteiger partial charge in [-0.1, -0.05) is 59.9 Å². The first-order valence-electron chi connectivity index (χ1n) is 11.0. The Labute approximate surface area is 203 Å². The maximum Gasteiger partial charge on any atom is 0.234 e. The molecule has 0 saturated heterocycles. The molecule has 0 aromatic heterocycles. The maximum absolute atomic E-state index is 12.7. The first-order chi connectivity index (χ1) is 15.3. The Morgan fingerprint density at radius 1 is 0.969 bits per heavy atom. The van der Waals surface area contributed by atoms with Crippen molar-refractivity contribution in [2.75, 3.05) is 11.1 Å². The van der Waals surface area contributed by atoms with E-state index in [-0.39, 0.29) is 11.7 Å². The number of carbonyl (C=O) groups excluding carboxylic acids is 1. The molecule has 1 aliphatic heterocycles. The fourth-order valence-corrected chi connectivity index (χ4v) is 5.30. The van der Waals surface area contributed by atoms with Gasteiger partial charge in [-0.15, -0.1) is 0 Å². The number of nitrogens with zero attached hydrogens (tertiary/aromatic N) is 2. The summed E-state index contributed by atoms with van der Waals surface area (Å²) in [6.07, 6.45) is 6.55. The molecule has 0 bridgehead atoms. The quantitative estimate of drug-likeness (QED) is 0.494. The Balaban J connectivity index is 1.53. The fraction of sp³-hybridized carbons (Fsp3) is 0.400. The molecular weight excluding hydrogens is 461 g/mol. The van der Waals surface area contributed by atoms with Gasteiger partial charge in [0.15, 0.2) is 5.66 Å². The van der Waals surface area contributed by atoms with Crippen LogP contribution >= 0.6 is 35.0 Å². The summed E-state index contributed by atoms with van der Waals surface area (Å²) >= 11 is 13.9. The molecule has 32 heavy (non-hydrogen) atoms. The summed E-state index contributed by atoms with van der Waals surface area (Å²) in [6, 6.07) is 11.5. The van der Waals surface area contributed by atoms with Gasteiger partial charge in [0, 0.05) is 11.3 Å². The molecule has 0 unspecified atom stereocenters. The highest BCUT2D eigenvalue weighted by atomic mass is 35.5. The lowest BCUT2D eigenvalue weighted by molar-refractivity contribution is -0.113. The van der Waals surface area contributed by atoms with Gasteiger partial charge in [-0.05, 0) is 74.9 Å². The molecule has 7 heteroatoms. The zero-order chi connectivity index (χ0) is 22.7. The highest BCUT2D eigenvalue weighted by Gasteiger charge is 2.37. The number of aryl methyl sites for hydroxylation is 2. The number of carbonyl (C=O) groups is 1. The SMILES string of the molecule is Cc1ccc(NC(=O)CSC2=NC3(CCCCCC3)N=C2c2ccc(Cl)c(Cl)c2)cc1C. The van der Waals surface area contributed by atoms with E-state index in [1.165, 1.54) is 30.2 Å². The van der Waals surface area contributed by atoms with Crippen LogP contribution in [0.3, 0.4) is 0 Å². The summed E-state index contributed by atoms with van der Waals surface area (Å²) in [7, 11) is 0. The van der Waals surface area contributed by atoms with Crippen LogP contribution in [0.4, 0.5) is 5.69 Å². The fourth-order valence-electron chi connectivity index (χ4n) is 4.12. The molecule has 1 aliphatic carbocycles. The predicted octanol–water partition coefficient (Wildman–Crippen LogP) is 7.23. The van der Waals surface area contributed by atoms with Crippen molar-refractivity contribution in [3.63, 3.8) is 0 Å². The monoisotopic (exact) mass is 487 g/mol. The van der Waals surface area contributed by atoms with Gasteiger partial charge in [0.25, 0.3) is 0 Å². The van der Waals surface area contributed by atoms with E-state index in [1.807, 2.05) is 37.3 Å². The number of benzene rings is 2. The predicted molar refractivity (Wildman–Crippen MR) is 138 cm³/mol. The standard InChI is InChI=1S/C25H27Cl2N3OS/c1-16-7-9-19(13-17(16)2)28-22(31)15-32-24-23(18-8-10-20(26)21(27)14-18)29-25(30-24)11-5-3-4-6-12-25/h7-10,13-14H,3-6,11-12,15H2,1-2H3,(H,28,31). The summed E-state index contributed by atoms with van der Waals surface area (Å²) in [5.41, 5.74) is 4.46. The van der Waals surface area contributed by atoms with Gasteiger partial charge in [0.05, 0.1) is 21.5 Å². The van der Waals surface area contributed by atoms with Crippen molar-refractivity contribution in [2.24, 2.45) is 9.98 Å². The third-order valence-electron chi connectivity index (χ3n) is 6.06. The first-order valence-corrected chi connectivity index (χ1v) is 12.7. The van der Waals surface area contributed by atoms with E-state index in [2.05, 4.69) is 12.2 Å². The second kappa shape index (κ2) is 9.98. The number of halogens is 2. The van der Waals surface area contributed by atoms with Gasteiger partial charge < -0.3 is 5.32 Å². The highest BCUT2D eigenvalue weighted by Crippen LogP contribution is 2.38. The average Bonchev–Trinajstić information content (AvgIpc) is 2.96. The van der Waals surface area contributed by atoms with Crippen molar-refractivity contribution in [3.05, 3.63) is 63.1 Å². The normalized spacial score (nSPS) is 17.6. The Morgan fingerprint density at radius 3 is 2.41 bits per heavy atom. The molecule has 2 aromatic rings. The van der Waals surface area contributed by atoms with Crippen LogP contribution in [-0.2, 0) is 4.79 Å². The second-order valence-electron chi connectivity index (χ2n) is 8.54. The van der Waals surface area contributed by atoms with Gasteiger partial charge in [-0.2, -0.15) is 0 Å². The van der Waals surface area contributed by atoms with Crippen molar-refractivity contribution < 1.29 is 4.79 Å². The lowest BCUT2D eigenvalue weighted by Gasteiger charge is -2.20. The van der Waals surface area contributed by atoms with Gasteiger partial charge in [-0.3, -0.25) is 9.79 Å². The van der Waals surface area contributed by atoms with Crippen molar-refractivity contribution in [3.8, 4) is 0 Å². The van der Waals surface area contributed by atoms with Crippen LogP contribution in [0.1, 0.15) is 55.2 Å². The molecule has 4 nitrogen and oxygen atoms in total. The molecule has 168 valence electrons. The van der Waals surface area contributed by atoms with Gasteiger partial charge in [0.2, 0.25) is 5.91 Å². The number of hydrogen-bond donors (Lipinski definition) is 1. The lowest BCUT2D eigenvalue weighted by atomic mass is 10.0. The minimum atomic E-state index is -0.412. The Bertz CT molecular complexity index is 1090. The smallest absolute Gasteiger partial charge is 0.234 e. The number of rotatable bonds is 4. The van der Waals surface area contributed by atoms with E-state index in [0.29, 0.717) is 10.0 Å². The zero-order valence-corrected chi connectivity index (χ0v) is 20.7. The van der Waals surface area contributed by atoms with E-state index in [1.54, 1.807) is 6.07 Å². The van der Waals surface area contributed by atoms with Crippen molar-refractivity contribution >= 4 is 57.3 Å². The molecule has 0 radical (unpaired) electrons. The topological polar surface area (TPSA) is 53.8 Å². The molecule has 1 spiro atoms. The Morgan fingerprint density at radius 2 is 1.72 bits per heavy atom. The minimum absolute atomic E-state index is 0.0590. The van der Waals surface area contributed by atoms with Crippen LogP contribution in [0.15, 0.2) is 46.4 Å². The van der Waals surface area contributed by atoms with Crippen LogP contribution in [0.5, 0.6) is 0 Å². The molecule has 1 N–H and O–H groups in total. The van der Waals surface area contributed by atoms with Gasteiger partial charge >= 0.3 is 0 Å². The Hall–Kier alpha value is -1.82. The van der Waals surface area contributed by atoms with E-state index in [0.717, 1.165) is 53.3 Å². The average molecular weight is 488 g/mol. The first kappa shape index (κ1) is 23.3. The van der Waals surface area contributed by atoms with E-state index < -0.39 is 5.66 Å². The van der Waals surface area contributed by atoms with Crippen molar-refractivity contribution in [1.29, 1.82) is 0 Å². The van der Waals surface area contributed by atoms with E-state index in [4.69, 9.17) is 33.2 Å². The summed E-state index contributed by atoms with van der Waals surface area (Å²) in [5, 5.41) is 4.80. The summed E-state index contributed by atoms with van der Waals surface area (Å²) in [5.74, 6) is 0.207. The second-order valence-corrected chi connectivity index (χ2v) is 10.3. The third-order valence-corrected chi connectivity index (χ3v) is 7.76. The van der Waals surface area contributed by atoms with E-state index in [9.17, 15) is 4.79 Å². The van der Waals surface area contributed by atoms with Crippen molar-refractivity contribution in [1.82, 2.24) is 0 Å². The summed E-state index contributed by atoms with van der Waals surface area (Å²) in [4.78, 5) is 22.8. The molecule has 4 rings (SSSR count). The van der Waals surface area contributed by atoms with Crippen LogP contribution in [0.2, 0.25) is 10.0 Å². The molecule has 1 heterocycles. The zero-order valence-electron chi connectivity index (χ0n) is 18.4. The van der Waals surface area contributed by atoms with Crippen LogP contribution in [0.25, 0.3) is 0 Å². The summed E-state index contributed by atoms with van der Waals surface area (Å²) in [6.45, 7) is 4.10. The van der Waals surface area contributed by atoms with E-state index >= 15 is 0 Å². The number of aliphatic imine (C=N–C) groups is 2. The molecule has 2 aromatic carbocycles. The van der Waals surface area contributed by atoms with Gasteiger partial charge in [0.1, 0.15) is 5.04 Å².